The number of phenols is 1. The number of rotatable bonds is 4. The molecule has 0 aliphatic rings. The third kappa shape index (κ3) is 3.28. The minimum absolute atomic E-state index is 0.277. The van der Waals surface area contributed by atoms with Crippen LogP contribution in [0.4, 0.5) is 5.69 Å². The van der Waals surface area contributed by atoms with E-state index in [1.165, 1.54) is 12.1 Å². The molecule has 0 atom stereocenters. The quantitative estimate of drug-likeness (QED) is 0.470. The molecule has 1 aromatic carbocycles. The van der Waals surface area contributed by atoms with Crippen molar-refractivity contribution in [3.05, 3.63) is 40.0 Å². The van der Waals surface area contributed by atoms with Gasteiger partial charge in [-0.3, -0.25) is 10.1 Å². The summed E-state index contributed by atoms with van der Waals surface area (Å²) in [6, 6.07) is 4.25. The largest absolute Gasteiger partial charge is 0.502 e. The van der Waals surface area contributed by atoms with Gasteiger partial charge in [-0.05, 0) is 29.9 Å². The zero-order valence-corrected chi connectivity index (χ0v) is 8.85. The summed E-state index contributed by atoms with van der Waals surface area (Å²) in [7, 11) is 0. The molecule has 1 N–H and O–H groups in total. The zero-order chi connectivity index (χ0) is 11.3. The zero-order valence-electron chi connectivity index (χ0n) is 7.96. The normalized spacial score (nSPS) is 10.7. The number of aromatic hydroxyl groups is 1. The first-order valence-electron chi connectivity index (χ1n) is 4.40. The minimum atomic E-state index is -0.615. The number of phenolic OH excluding ortho intramolecular Hbond substituents is 1. The Morgan fingerprint density at radius 2 is 2.27 bits per heavy atom. The summed E-state index contributed by atoms with van der Waals surface area (Å²) in [4.78, 5) is 9.80. The molecule has 0 saturated carbocycles. The molecule has 0 aliphatic heterocycles. The van der Waals surface area contributed by atoms with E-state index in [0.717, 1.165) is 17.7 Å². The fourth-order valence-corrected chi connectivity index (χ4v) is 1.24. The molecule has 4 nitrogen and oxygen atoms in total. The number of hydrogen-bond acceptors (Lipinski definition) is 4. The van der Waals surface area contributed by atoms with E-state index in [0.29, 0.717) is 0 Å². The van der Waals surface area contributed by atoms with Crippen LogP contribution in [-0.4, -0.2) is 15.8 Å². The van der Waals surface area contributed by atoms with Gasteiger partial charge in [0, 0.05) is 6.07 Å². The molecule has 5 heteroatoms. The maximum atomic E-state index is 10.4. The van der Waals surface area contributed by atoms with Crippen molar-refractivity contribution in [2.24, 2.45) is 0 Å². The molecule has 1 rings (SSSR count). The highest BCUT2D eigenvalue weighted by atomic mass is 32.1. The number of benzene rings is 1. The molecule has 0 aliphatic carbocycles. The minimum Gasteiger partial charge on any atom is -0.502 e. The van der Waals surface area contributed by atoms with E-state index in [4.69, 9.17) is 0 Å². The summed E-state index contributed by atoms with van der Waals surface area (Å²) >= 11 is 4.04. The molecular weight excluding hydrogens is 214 g/mol. The fraction of sp³-hybridized carbons (Fsp3) is 0.200. The van der Waals surface area contributed by atoms with Gasteiger partial charge >= 0.3 is 5.69 Å². The maximum Gasteiger partial charge on any atom is 0.310 e. The molecule has 0 heterocycles. The summed E-state index contributed by atoms with van der Waals surface area (Å²) in [5.41, 5.74) is 0.459. The molecule has 0 saturated heterocycles. The molecule has 0 aromatic heterocycles. The lowest BCUT2D eigenvalue weighted by atomic mass is 10.1. The number of allylic oxidation sites excluding steroid dienone is 1. The van der Waals surface area contributed by atoms with Crippen LogP contribution in [0.2, 0.25) is 0 Å². The van der Waals surface area contributed by atoms with Gasteiger partial charge in [0.2, 0.25) is 0 Å². The molecule has 0 bridgehead atoms. The van der Waals surface area contributed by atoms with Crippen molar-refractivity contribution < 1.29 is 10.0 Å². The predicted molar refractivity (Wildman–Crippen MR) is 62.3 cm³/mol. The van der Waals surface area contributed by atoms with Crippen molar-refractivity contribution in [3.63, 3.8) is 0 Å². The summed E-state index contributed by atoms with van der Waals surface area (Å²) in [5, 5.41) is 19.7. The molecule has 1 aromatic rings. The van der Waals surface area contributed by atoms with Crippen molar-refractivity contribution in [1.82, 2.24) is 0 Å². The molecule has 80 valence electrons. The molecule has 0 radical (unpaired) electrons. The van der Waals surface area contributed by atoms with Gasteiger partial charge in [-0.2, -0.15) is 12.6 Å². The Bertz CT molecular complexity index is 390. The average molecular weight is 225 g/mol. The summed E-state index contributed by atoms with van der Waals surface area (Å²) in [5.74, 6) is 0.433. The fourth-order valence-electron chi connectivity index (χ4n) is 1.09. The first kappa shape index (κ1) is 11.6. The summed E-state index contributed by atoms with van der Waals surface area (Å²) in [6.07, 6.45) is 4.51. The summed E-state index contributed by atoms with van der Waals surface area (Å²) < 4.78 is 0. The lowest BCUT2D eigenvalue weighted by Gasteiger charge is -1.97. The van der Waals surface area contributed by atoms with Gasteiger partial charge in [-0.1, -0.05) is 12.2 Å². The van der Waals surface area contributed by atoms with Crippen LogP contribution in [0.15, 0.2) is 24.3 Å². The van der Waals surface area contributed by atoms with Crippen molar-refractivity contribution in [1.29, 1.82) is 0 Å². The van der Waals surface area contributed by atoms with Gasteiger partial charge in [-0.25, -0.2) is 0 Å². The van der Waals surface area contributed by atoms with Gasteiger partial charge in [-0.15, -0.1) is 0 Å². The predicted octanol–water partition coefficient (Wildman–Crippen LogP) is 2.63. The smallest absolute Gasteiger partial charge is 0.310 e. The van der Waals surface area contributed by atoms with Crippen LogP contribution in [-0.2, 0) is 0 Å². The van der Waals surface area contributed by atoms with Crippen LogP contribution in [0, 0.1) is 10.1 Å². The topological polar surface area (TPSA) is 63.4 Å². The van der Waals surface area contributed by atoms with Gasteiger partial charge in [0.1, 0.15) is 0 Å². The molecule has 0 fully saturated rings. The van der Waals surface area contributed by atoms with Crippen molar-refractivity contribution >= 4 is 24.4 Å². The first-order valence-corrected chi connectivity index (χ1v) is 5.03. The van der Waals surface area contributed by atoms with Gasteiger partial charge in [0.25, 0.3) is 0 Å². The lowest BCUT2D eigenvalue weighted by molar-refractivity contribution is -0.385. The van der Waals surface area contributed by atoms with Crippen LogP contribution in [0.1, 0.15) is 12.0 Å². The van der Waals surface area contributed by atoms with E-state index in [9.17, 15) is 15.2 Å². The molecule has 15 heavy (non-hydrogen) atoms. The second-order valence-corrected chi connectivity index (χ2v) is 3.37. The third-order valence-electron chi connectivity index (χ3n) is 1.80. The molecule has 0 unspecified atom stereocenters. The van der Waals surface area contributed by atoms with Crippen LogP contribution in [0.3, 0.4) is 0 Å². The number of thiol groups is 1. The van der Waals surface area contributed by atoms with Gasteiger partial charge in [0.15, 0.2) is 5.75 Å². The van der Waals surface area contributed by atoms with Gasteiger partial charge < -0.3 is 5.11 Å². The Kier molecular flexibility index (Phi) is 4.17. The van der Waals surface area contributed by atoms with E-state index in [2.05, 4.69) is 12.6 Å². The lowest BCUT2D eigenvalue weighted by Crippen LogP contribution is -1.88. The number of nitro groups is 1. The second kappa shape index (κ2) is 5.41. The van der Waals surface area contributed by atoms with Crippen molar-refractivity contribution in [2.45, 2.75) is 6.42 Å². The highest BCUT2D eigenvalue weighted by Crippen LogP contribution is 2.26. The van der Waals surface area contributed by atoms with Crippen LogP contribution in [0.25, 0.3) is 6.08 Å². The maximum absolute atomic E-state index is 10.4. The summed E-state index contributed by atoms with van der Waals surface area (Å²) in [6.45, 7) is 0. The monoisotopic (exact) mass is 225 g/mol. The molecular formula is C10H11NO3S. The van der Waals surface area contributed by atoms with E-state index in [1.807, 2.05) is 6.08 Å². The number of nitro benzene ring substituents is 1. The Hall–Kier alpha value is -1.49. The highest BCUT2D eigenvalue weighted by molar-refractivity contribution is 7.80. The SMILES string of the molecule is O=[N+]([O-])c1ccc(C=CCCS)cc1O. The average Bonchev–Trinajstić information content (AvgIpc) is 2.17. The van der Waals surface area contributed by atoms with Crippen molar-refractivity contribution in [2.75, 3.05) is 5.75 Å². The molecule has 0 amide bonds. The third-order valence-corrected chi connectivity index (χ3v) is 2.06. The Morgan fingerprint density at radius 3 is 2.80 bits per heavy atom. The van der Waals surface area contributed by atoms with Crippen molar-refractivity contribution in [3.8, 4) is 5.75 Å². The second-order valence-electron chi connectivity index (χ2n) is 2.92. The Morgan fingerprint density at radius 1 is 1.53 bits per heavy atom. The standard InChI is InChI=1S/C10H11NO3S/c12-10-7-8(3-1-2-6-15)4-5-9(10)11(13)14/h1,3-5,7,12,15H,2,6H2. The van der Waals surface area contributed by atoms with Crippen LogP contribution < -0.4 is 0 Å². The number of nitrogens with zero attached hydrogens (tertiary/aromatic N) is 1. The highest BCUT2D eigenvalue weighted by Gasteiger charge is 2.11. The first-order chi connectivity index (χ1) is 7.15. The van der Waals surface area contributed by atoms with Crippen LogP contribution in [0.5, 0.6) is 5.75 Å². The van der Waals surface area contributed by atoms with E-state index in [-0.39, 0.29) is 11.4 Å². The molecule has 0 spiro atoms. The Labute approximate surface area is 92.8 Å². The van der Waals surface area contributed by atoms with E-state index >= 15 is 0 Å². The van der Waals surface area contributed by atoms with Gasteiger partial charge in [0.05, 0.1) is 4.92 Å². The van der Waals surface area contributed by atoms with E-state index in [1.54, 1.807) is 12.1 Å². The van der Waals surface area contributed by atoms with Crippen LogP contribution >= 0.6 is 12.6 Å². The Balaban J connectivity index is 2.87. The number of hydrogen-bond donors (Lipinski definition) is 2. The van der Waals surface area contributed by atoms with E-state index < -0.39 is 4.92 Å².